The minimum atomic E-state index is -0.702. The third kappa shape index (κ3) is 5.29. The van der Waals surface area contributed by atoms with Gasteiger partial charge in [0.25, 0.3) is 0 Å². The molecule has 5 heteroatoms. The largest absolute Gasteiger partial charge is 0.387 e. The summed E-state index contributed by atoms with van der Waals surface area (Å²) in [5.41, 5.74) is 2.99. The summed E-state index contributed by atoms with van der Waals surface area (Å²) in [6.45, 7) is 6.74. The molecule has 2 rings (SSSR count). The summed E-state index contributed by atoms with van der Waals surface area (Å²) in [6.07, 6.45) is 3.53. The smallest absolute Gasteiger partial charge is 0.317 e. The Kier molecular flexibility index (Phi) is 6.95. The summed E-state index contributed by atoms with van der Waals surface area (Å²) in [5, 5.41) is 13.5. The van der Waals surface area contributed by atoms with Crippen LogP contribution in [0.15, 0.2) is 48.8 Å². The van der Waals surface area contributed by atoms with Crippen molar-refractivity contribution in [1.29, 1.82) is 0 Å². The summed E-state index contributed by atoms with van der Waals surface area (Å²) in [7, 11) is 0. The predicted molar refractivity (Wildman–Crippen MR) is 99.2 cm³/mol. The van der Waals surface area contributed by atoms with E-state index in [0.717, 1.165) is 23.1 Å². The van der Waals surface area contributed by atoms with Crippen molar-refractivity contribution in [2.24, 2.45) is 0 Å². The molecule has 0 aliphatic heterocycles. The Labute approximate surface area is 149 Å². The maximum Gasteiger partial charge on any atom is 0.317 e. The minimum absolute atomic E-state index is 0.0685. The van der Waals surface area contributed by atoms with Gasteiger partial charge in [0.2, 0.25) is 0 Å². The fourth-order valence-corrected chi connectivity index (χ4v) is 2.72. The second-order valence-corrected chi connectivity index (χ2v) is 6.16. The molecular formula is C20H27N3O2. The normalized spacial score (nSPS) is 13.1. The molecule has 2 atom stereocenters. The van der Waals surface area contributed by atoms with Gasteiger partial charge >= 0.3 is 6.03 Å². The molecule has 1 aromatic heterocycles. The molecule has 25 heavy (non-hydrogen) atoms. The van der Waals surface area contributed by atoms with Crippen molar-refractivity contribution >= 4 is 6.03 Å². The number of carbonyl (C=O) groups is 1. The van der Waals surface area contributed by atoms with E-state index in [9.17, 15) is 9.90 Å². The van der Waals surface area contributed by atoms with Gasteiger partial charge in [0.1, 0.15) is 0 Å². The molecule has 0 radical (unpaired) electrons. The third-order valence-corrected chi connectivity index (χ3v) is 4.34. The van der Waals surface area contributed by atoms with Gasteiger partial charge in [0.15, 0.2) is 0 Å². The van der Waals surface area contributed by atoms with Crippen LogP contribution in [0.5, 0.6) is 0 Å². The number of nitrogens with zero attached hydrogens (tertiary/aromatic N) is 2. The van der Waals surface area contributed by atoms with E-state index in [1.165, 1.54) is 0 Å². The summed E-state index contributed by atoms with van der Waals surface area (Å²) in [4.78, 5) is 18.3. The molecule has 2 aromatic rings. The Hall–Kier alpha value is -2.40. The number of benzene rings is 1. The summed E-state index contributed by atoms with van der Waals surface area (Å²) >= 11 is 0. The van der Waals surface area contributed by atoms with Crippen molar-refractivity contribution in [2.75, 3.05) is 13.1 Å². The van der Waals surface area contributed by atoms with Crippen LogP contribution in [0.25, 0.3) is 0 Å². The number of aliphatic hydroxyl groups is 1. The van der Waals surface area contributed by atoms with Crippen LogP contribution in [-0.2, 0) is 0 Å². The topological polar surface area (TPSA) is 65.5 Å². The first-order valence-electron chi connectivity index (χ1n) is 8.75. The fraction of sp³-hybridized carbons (Fsp3) is 0.400. The summed E-state index contributed by atoms with van der Waals surface area (Å²) in [5.74, 6) is 0. The number of nitrogens with one attached hydrogen (secondary N) is 1. The molecule has 0 spiro atoms. The highest BCUT2D eigenvalue weighted by atomic mass is 16.3. The van der Waals surface area contributed by atoms with E-state index >= 15 is 0 Å². The van der Waals surface area contributed by atoms with E-state index in [0.29, 0.717) is 6.54 Å². The van der Waals surface area contributed by atoms with E-state index in [-0.39, 0.29) is 18.6 Å². The Morgan fingerprint density at radius 1 is 1.12 bits per heavy atom. The molecule has 2 amide bonds. The molecule has 2 N–H and O–H groups in total. The van der Waals surface area contributed by atoms with Crippen LogP contribution in [0.4, 0.5) is 4.79 Å². The van der Waals surface area contributed by atoms with Crippen LogP contribution < -0.4 is 5.32 Å². The third-order valence-electron chi connectivity index (χ3n) is 4.34. The van der Waals surface area contributed by atoms with Crippen molar-refractivity contribution in [3.05, 3.63) is 65.5 Å². The minimum Gasteiger partial charge on any atom is -0.387 e. The Morgan fingerprint density at radius 2 is 1.76 bits per heavy atom. The molecular weight excluding hydrogens is 314 g/mol. The molecule has 0 fully saturated rings. The maximum absolute atomic E-state index is 12.6. The number of hydrogen-bond donors (Lipinski definition) is 2. The zero-order valence-corrected chi connectivity index (χ0v) is 15.1. The van der Waals surface area contributed by atoms with E-state index in [2.05, 4.69) is 10.3 Å². The van der Waals surface area contributed by atoms with Crippen molar-refractivity contribution in [2.45, 2.75) is 39.3 Å². The van der Waals surface area contributed by atoms with Crippen molar-refractivity contribution in [3.8, 4) is 0 Å². The summed E-state index contributed by atoms with van der Waals surface area (Å²) < 4.78 is 0. The molecule has 0 saturated heterocycles. The lowest BCUT2D eigenvalue weighted by molar-refractivity contribution is 0.122. The highest BCUT2D eigenvalue weighted by molar-refractivity contribution is 5.74. The molecule has 5 nitrogen and oxygen atoms in total. The second kappa shape index (κ2) is 9.18. The van der Waals surface area contributed by atoms with Crippen LogP contribution in [-0.4, -0.2) is 34.1 Å². The number of rotatable bonds is 7. The van der Waals surface area contributed by atoms with E-state index in [1.807, 2.05) is 57.2 Å². The Balaban J connectivity index is 2.01. The SMILES string of the molecule is CCC(NC(=O)N(CC)CC(O)c1ccc(C)cc1)c1ccncc1. The van der Waals surface area contributed by atoms with Gasteiger partial charge in [-0.2, -0.15) is 0 Å². The van der Waals surface area contributed by atoms with Gasteiger partial charge < -0.3 is 15.3 Å². The average Bonchev–Trinajstić information content (AvgIpc) is 2.65. The van der Waals surface area contributed by atoms with Gasteiger partial charge in [-0.05, 0) is 43.5 Å². The van der Waals surface area contributed by atoms with Gasteiger partial charge in [0, 0.05) is 18.9 Å². The number of pyridine rings is 1. The number of amides is 2. The number of aryl methyl sites for hydroxylation is 1. The second-order valence-electron chi connectivity index (χ2n) is 6.16. The van der Waals surface area contributed by atoms with Gasteiger partial charge in [-0.3, -0.25) is 4.98 Å². The van der Waals surface area contributed by atoms with Crippen molar-refractivity contribution < 1.29 is 9.90 Å². The first-order valence-corrected chi connectivity index (χ1v) is 8.75. The number of urea groups is 1. The standard InChI is InChI=1S/C20H27N3O2/c1-4-18(16-10-12-21-13-11-16)22-20(25)23(5-2)14-19(24)17-8-6-15(3)7-9-17/h6-13,18-19,24H,4-5,14H2,1-3H3,(H,22,25). The van der Waals surface area contributed by atoms with Crippen molar-refractivity contribution in [3.63, 3.8) is 0 Å². The van der Waals surface area contributed by atoms with Crippen molar-refractivity contribution in [1.82, 2.24) is 15.2 Å². The van der Waals surface area contributed by atoms with Gasteiger partial charge in [-0.1, -0.05) is 36.8 Å². The lowest BCUT2D eigenvalue weighted by atomic mass is 10.1. The molecule has 2 unspecified atom stereocenters. The van der Waals surface area contributed by atoms with Crippen LogP contribution >= 0.6 is 0 Å². The van der Waals surface area contributed by atoms with E-state index < -0.39 is 6.10 Å². The highest BCUT2D eigenvalue weighted by Gasteiger charge is 2.20. The Morgan fingerprint density at radius 3 is 2.32 bits per heavy atom. The molecule has 0 aliphatic rings. The van der Waals surface area contributed by atoms with E-state index in [4.69, 9.17) is 0 Å². The predicted octanol–water partition coefficient (Wildman–Crippen LogP) is 3.61. The molecule has 1 aromatic carbocycles. The van der Waals surface area contributed by atoms with Crippen LogP contribution in [0.3, 0.4) is 0 Å². The molecule has 0 aliphatic carbocycles. The zero-order chi connectivity index (χ0) is 18.2. The monoisotopic (exact) mass is 341 g/mol. The Bertz CT molecular complexity index is 658. The maximum atomic E-state index is 12.6. The van der Waals surface area contributed by atoms with E-state index in [1.54, 1.807) is 17.3 Å². The number of carbonyl (C=O) groups excluding carboxylic acids is 1. The average molecular weight is 341 g/mol. The molecule has 0 saturated carbocycles. The van der Waals surface area contributed by atoms with Gasteiger partial charge in [0.05, 0.1) is 18.7 Å². The van der Waals surface area contributed by atoms with Gasteiger partial charge in [-0.15, -0.1) is 0 Å². The first kappa shape index (κ1) is 18.9. The lowest BCUT2D eigenvalue weighted by Gasteiger charge is -2.27. The summed E-state index contributed by atoms with van der Waals surface area (Å²) in [6, 6.07) is 11.3. The number of hydrogen-bond acceptors (Lipinski definition) is 3. The van der Waals surface area contributed by atoms with Crippen LogP contribution in [0.1, 0.15) is 49.1 Å². The first-order chi connectivity index (χ1) is 12.0. The number of aliphatic hydroxyl groups excluding tert-OH is 1. The molecule has 134 valence electrons. The molecule has 1 heterocycles. The zero-order valence-electron chi connectivity index (χ0n) is 15.1. The fourth-order valence-electron chi connectivity index (χ4n) is 2.72. The number of likely N-dealkylation sites (N-methyl/N-ethyl adjacent to an activating group) is 1. The highest BCUT2D eigenvalue weighted by Crippen LogP contribution is 2.18. The van der Waals surface area contributed by atoms with Crippen LogP contribution in [0, 0.1) is 6.92 Å². The van der Waals surface area contributed by atoms with Crippen LogP contribution in [0.2, 0.25) is 0 Å². The molecule has 0 bridgehead atoms. The lowest BCUT2D eigenvalue weighted by Crippen LogP contribution is -2.43. The number of aromatic nitrogens is 1. The van der Waals surface area contributed by atoms with Gasteiger partial charge in [-0.25, -0.2) is 4.79 Å². The quantitative estimate of drug-likeness (QED) is 0.808.